The summed E-state index contributed by atoms with van der Waals surface area (Å²) in [5.41, 5.74) is 0.685. The number of likely N-dealkylation sites (tertiary alicyclic amines) is 2. The first kappa shape index (κ1) is 20.4. The molecule has 0 saturated carbocycles. The van der Waals surface area contributed by atoms with Crippen LogP contribution in [0.2, 0.25) is 0 Å². The molecule has 2 aromatic carbocycles. The molecule has 2 heterocycles. The van der Waals surface area contributed by atoms with Crippen molar-refractivity contribution in [3.63, 3.8) is 0 Å². The van der Waals surface area contributed by atoms with Crippen molar-refractivity contribution >= 4 is 28.5 Å². The first-order valence-electron chi connectivity index (χ1n) is 10.8. The van der Waals surface area contributed by atoms with Crippen molar-refractivity contribution in [2.75, 3.05) is 19.6 Å². The van der Waals surface area contributed by atoms with Gasteiger partial charge in [-0.05, 0) is 43.5 Å². The second-order valence-corrected chi connectivity index (χ2v) is 8.64. The number of hydrogen-bond donors (Lipinski definition) is 1. The zero-order valence-corrected chi connectivity index (χ0v) is 17.6. The monoisotopic (exact) mass is 407 g/mol. The van der Waals surface area contributed by atoms with Gasteiger partial charge in [0.15, 0.2) is 0 Å². The van der Waals surface area contributed by atoms with E-state index in [4.69, 9.17) is 0 Å². The van der Waals surface area contributed by atoms with Gasteiger partial charge in [0.2, 0.25) is 11.8 Å². The van der Waals surface area contributed by atoms with Gasteiger partial charge in [0, 0.05) is 43.7 Å². The van der Waals surface area contributed by atoms with E-state index in [-0.39, 0.29) is 35.7 Å². The SMILES string of the molecule is CC(C)N1CC(C(=O)N2CCC(NC(=O)c3cccc4ccccc34)CC2)CC1=O. The van der Waals surface area contributed by atoms with Crippen molar-refractivity contribution in [1.29, 1.82) is 0 Å². The van der Waals surface area contributed by atoms with Gasteiger partial charge in [0.05, 0.1) is 5.92 Å². The minimum absolute atomic E-state index is 0.0536. The summed E-state index contributed by atoms with van der Waals surface area (Å²) in [6, 6.07) is 13.8. The number of hydrogen-bond acceptors (Lipinski definition) is 3. The quantitative estimate of drug-likeness (QED) is 0.847. The van der Waals surface area contributed by atoms with Gasteiger partial charge in [-0.1, -0.05) is 36.4 Å². The van der Waals surface area contributed by atoms with Gasteiger partial charge in [0.1, 0.15) is 0 Å². The smallest absolute Gasteiger partial charge is 0.252 e. The molecule has 1 atom stereocenters. The van der Waals surface area contributed by atoms with Crippen molar-refractivity contribution in [3.8, 4) is 0 Å². The number of fused-ring (bicyclic) bond motifs is 1. The predicted molar refractivity (Wildman–Crippen MR) is 116 cm³/mol. The Kier molecular flexibility index (Phi) is 5.75. The number of nitrogens with zero attached hydrogens (tertiary/aromatic N) is 2. The first-order chi connectivity index (χ1) is 14.4. The molecule has 3 amide bonds. The van der Waals surface area contributed by atoms with Gasteiger partial charge in [-0.25, -0.2) is 0 Å². The summed E-state index contributed by atoms with van der Waals surface area (Å²) in [5, 5.41) is 5.14. The van der Waals surface area contributed by atoms with Gasteiger partial charge in [-0.15, -0.1) is 0 Å². The van der Waals surface area contributed by atoms with E-state index in [2.05, 4.69) is 5.32 Å². The Bertz CT molecular complexity index is 958. The summed E-state index contributed by atoms with van der Waals surface area (Å²) in [7, 11) is 0. The molecule has 1 unspecified atom stereocenters. The highest BCUT2D eigenvalue weighted by Gasteiger charge is 2.38. The van der Waals surface area contributed by atoms with E-state index >= 15 is 0 Å². The molecule has 30 heavy (non-hydrogen) atoms. The highest BCUT2D eigenvalue weighted by Crippen LogP contribution is 2.24. The summed E-state index contributed by atoms with van der Waals surface area (Å²) in [6.07, 6.45) is 1.78. The average molecular weight is 408 g/mol. The van der Waals surface area contributed by atoms with Crippen LogP contribution in [0.25, 0.3) is 10.8 Å². The van der Waals surface area contributed by atoms with Gasteiger partial charge < -0.3 is 15.1 Å². The Morgan fingerprint density at radius 3 is 2.43 bits per heavy atom. The Labute approximate surface area is 177 Å². The van der Waals surface area contributed by atoms with E-state index in [9.17, 15) is 14.4 Å². The molecule has 6 nitrogen and oxygen atoms in total. The Morgan fingerprint density at radius 2 is 1.73 bits per heavy atom. The molecule has 158 valence electrons. The lowest BCUT2D eigenvalue weighted by Gasteiger charge is -2.34. The Hall–Kier alpha value is -2.89. The molecule has 0 radical (unpaired) electrons. The van der Waals surface area contributed by atoms with Crippen LogP contribution in [0.4, 0.5) is 0 Å². The Morgan fingerprint density at radius 1 is 1.03 bits per heavy atom. The average Bonchev–Trinajstić information content (AvgIpc) is 3.15. The molecule has 0 spiro atoms. The maximum atomic E-state index is 12.9. The van der Waals surface area contributed by atoms with Gasteiger partial charge in [-0.2, -0.15) is 0 Å². The van der Waals surface area contributed by atoms with Crippen LogP contribution in [0.15, 0.2) is 42.5 Å². The molecule has 4 rings (SSSR count). The normalized spacial score (nSPS) is 20.2. The molecular formula is C24H29N3O3. The molecule has 2 aromatic rings. The summed E-state index contributed by atoms with van der Waals surface area (Å²) >= 11 is 0. The van der Waals surface area contributed by atoms with Crippen LogP contribution < -0.4 is 5.32 Å². The number of nitrogens with one attached hydrogen (secondary N) is 1. The van der Waals surface area contributed by atoms with Crippen LogP contribution in [0, 0.1) is 5.92 Å². The van der Waals surface area contributed by atoms with E-state index in [1.807, 2.05) is 61.2 Å². The second kappa shape index (κ2) is 8.46. The third kappa shape index (κ3) is 4.04. The lowest BCUT2D eigenvalue weighted by Crippen LogP contribution is -2.48. The fourth-order valence-corrected chi connectivity index (χ4v) is 4.59. The Balaban J connectivity index is 1.33. The molecule has 0 bridgehead atoms. The third-order valence-corrected chi connectivity index (χ3v) is 6.31. The van der Waals surface area contributed by atoms with E-state index in [0.29, 0.717) is 31.6 Å². The molecule has 0 aliphatic carbocycles. The number of carbonyl (C=O) groups is 3. The minimum atomic E-state index is -0.235. The first-order valence-corrected chi connectivity index (χ1v) is 10.8. The lowest BCUT2D eigenvalue weighted by atomic mass is 10.00. The van der Waals surface area contributed by atoms with Crippen LogP contribution in [-0.4, -0.2) is 59.2 Å². The predicted octanol–water partition coefficient (Wildman–Crippen LogP) is 2.82. The molecule has 2 fully saturated rings. The molecular weight excluding hydrogens is 378 g/mol. The third-order valence-electron chi connectivity index (χ3n) is 6.31. The van der Waals surface area contributed by atoms with E-state index in [0.717, 1.165) is 23.6 Å². The van der Waals surface area contributed by atoms with Crippen molar-refractivity contribution in [2.45, 2.75) is 45.2 Å². The van der Waals surface area contributed by atoms with Crippen molar-refractivity contribution in [3.05, 3.63) is 48.0 Å². The standard InChI is InChI=1S/C24H29N3O3/c1-16(2)27-15-18(14-22(27)28)24(30)26-12-10-19(11-13-26)25-23(29)21-9-5-7-17-6-3-4-8-20(17)21/h3-9,16,18-19H,10-15H2,1-2H3,(H,25,29). The number of amides is 3. The van der Waals surface area contributed by atoms with Crippen LogP contribution in [0.3, 0.4) is 0 Å². The fraction of sp³-hybridized carbons (Fsp3) is 0.458. The molecule has 0 aromatic heterocycles. The zero-order chi connectivity index (χ0) is 21.3. The second-order valence-electron chi connectivity index (χ2n) is 8.64. The lowest BCUT2D eigenvalue weighted by molar-refractivity contribution is -0.136. The summed E-state index contributed by atoms with van der Waals surface area (Å²) in [5.74, 6) is -0.154. The summed E-state index contributed by atoms with van der Waals surface area (Å²) < 4.78 is 0. The fourth-order valence-electron chi connectivity index (χ4n) is 4.59. The highest BCUT2D eigenvalue weighted by atomic mass is 16.2. The zero-order valence-electron chi connectivity index (χ0n) is 17.6. The number of carbonyl (C=O) groups excluding carboxylic acids is 3. The maximum absolute atomic E-state index is 12.9. The number of piperidine rings is 1. The van der Waals surface area contributed by atoms with Crippen molar-refractivity contribution < 1.29 is 14.4 Å². The highest BCUT2D eigenvalue weighted by molar-refractivity contribution is 6.07. The van der Waals surface area contributed by atoms with E-state index < -0.39 is 0 Å². The number of rotatable bonds is 4. The van der Waals surface area contributed by atoms with Gasteiger partial charge in [-0.3, -0.25) is 14.4 Å². The van der Waals surface area contributed by atoms with Crippen LogP contribution in [0.5, 0.6) is 0 Å². The molecule has 6 heteroatoms. The summed E-state index contributed by atoms with van der Waals surface area (Å²) in [6.45, 7) is 5.72. The van der Waals surface area contributed by atoms with Crippen LogP contribution >= 0.6 is 0 Å². The van der Waals surface area contributed by atoms with E-state index in [1.54, 1.807) is 4.90 Å². The maximum Gasteiger partial charge on any atom is 0.252 e. The van der Waals surface area contributed by atoms with Crippen LogP contribution in [0.1, 0.15) is 43.5 Å². The molecule has 1 N–H and O–H groups in total. The minimum Gasteiger partial charge on any atom is -0.349 e. The molecule has 2 aliphatic rings. The van der Waals surface area contributed by atoms with E-state index in [1.165, 1.54) is 0 Å². The van der Waals surface area contributed by atoms with Gasteiger partial charge in [0.25, 0.3) is 5.91 Å². The van der Waals surface area contributed by atoms with Crippen LogP contribution in [-0.2, 0) is 9.59 Å². The number of benzene rings is 2. The van der Waals surface area contributed by atoms with Crippen molar-refractivity contribution in [1.82, 2.24) is 15.1 Å². The molecule has 2 saturated heterocycles. The largest absolute Gasteiger partial charge is 0.349 e. The molecule has 2 aliphatic heterocycles. The van der Waals surface area contributed by atoms with Gasteiger partial charge >= 0.3 is 0 Å². The summed E-state index contributed by atoms with van der Waals surface area (Å²) in [4.78, 5) is 41.5. The topological polar surface area (TPSA) is 69.7 Å². The van der Waals surface area contributed by atoms with Crippen molar-refractivity contribution in [2.24, 2.45) is 5.92 Å².